The number of nitrogens with zero attached hydrogens (tertiary/aromatic N) is 6. The van der Waals surface area contributed by atoms with Crippen LogP contribution in [0.1, 0.15) is 34.1 Å². The molecule has 0 aliphatic carbocycles. The number of para-hydroxylation sites is 2. The molecule has 8 rings (SSSR count). The first-order valence-corrected chi connectivity index (χ1v) is 20.1. The summed E-state index contributed by atoms with van der Waals surface area (Å²) in [5, 5.41) is 17.4. The lowest BCUT2D eigenvalue weighted by Gasteiger charge is -2.12. The Hall–Kier alpha value is -6.35. The molecule has 0 spiro atoms. The first kappa shape index (κ1) is 43.2. The van der Waals surface area contributed by atoms with Crippen molar-refractivity contribution in [1.82, 2.24) is 40.4 Å². The van der Waals surface area contributed by atoms with E-state index in [-0.39, 0.29) is 11.8 Å². The van der Waals surface area contributed by atoms with Crippen LogP contribution in [-0.2, 0) is 4.79 Å². The summed E-state index contributed by atoms with van der Waals surface area (Å²) in [7, 11) is 9.65. The summed E-state index contributed by atoms with van der Waals surface area (Å²) in [6, 6.07) is 30.9. The first-order valence-electron chi connectivity index (χ1n) is 19.4. The van der Waals surface area contributed by atoms with Crippen LogP contribution in [-0.4, -0.2) is 114 Å². The number of methoxy groups -OCH3 is 1. The van der Waals surface area contributed by atoms with Crippen molar-refractivity contribution in [2.75, 3.05) is 61.5 Å². The van der Waals surface area contributed by atoms with E-state index in [2.05, 4.69) is 31.5 Å². The largest absolute Gasteiger partial charge is 0.496 e. The zero-order valence-electron chi connectivity index (χ0n) is 34.4. The van der Waals surface area contributed by atoms with Gasteiger partial charge in [-0.1, -0.05) is 58.4 Å². The fourth-order valence-corrected chi connectivity index (χ4v) is 7.19. The lowest BCUT2D eigenvalue weighted by atomic mass is 10.1. The van der Waals surface area contributed by atoms with Crippen molar-refractivity contribution in [2.24, 2.45) is 0 Å². The third-order valence-electron chi connectivity index (χ3n) is 9.51. The first-order chi connectivity index (χ1) is 28.9. The number of hydrogen-bond donors (Lipinski definition) is 3. The Labute approximate surface area is 355 Å². The number of halogens is 1. The average molecular weight is 872 g/mol. The molecule has 0 radical (unpaired) electrons. The Kier molecular flexibility index (Phi) is 14.1. The van der Waals surface area contributed by atoms with Crippen molar-refractivity contribution >= 4 is 99.4 Å². The minimum Gasteiger partial charge on any atom is -0.496 e. The highest BCUT2D eigenvalue weighted by atomic mass is 79.9. The Morgan fingerprint density at radius 1 is 0.583 bits per heavy atom. The van der Waals surface area contributed by atoms with E-state index in [1.165, 1.54) is 0 Å². The van der Waals surface area contributed by atoms with E-state index in [9.17, 15) is 9.59 Å². The number of aliphatic carboxylic acids is 1. The van der Waals surface area contributed by atoms with E-state index < -0.39 is 5.97 Å². The molecule has 60 heavy (non-hydrogen) atoms. The summed E-state index contributed by atoms with van der Waals surface area (Å²) in [6.07, 6.45) is 0.891. The fraction of sp³-hybridized carbons (Fsp3) is 0.239. The van der Waals surface area contributed by atoms with Gasteiger partial charge in [-0.05, 0) is 101 Å². The number of nitrogens with one attached hydrogen (secondary N) is 2. The lowest BCUT2D eigenvalue weighted by Crippen LogP contribution is -2.31. The van der Waals surface area contributed by atoms with Gasteiger partial charge in [-0.15, -0.1) is 0 Å². The lowest BCUT2D eigenvalue weighted by molar-refractivity contribution is -0.134. The number of rotatable bonds is 10. The quantitative estimate of drug-likeness (QED) is 0.0701. The van der Waals surface area contributed by atoms with Gasteiger partial charge in [0.15, 0.2) is 0 Å². The maximum absolute atomic E-state index is 12.8. The van der Waals surface area contributed by atoms with Crippen LogP contribution in [0.4, 0.5) is 0 Å². The van der Waals surface area contributed by atoms with Gasteiger partial charge >= 0.3 is 0 Å². The van der Waals surface area contributed by atoms with Crippen LogP contribution >= 0.6 is 15.9 Å². The third kappa shape index (κ3) is 10.1. The van der Waals surface area contributed by atoms with Gasteiger partial charge in [0.1, 0.15) is 16.8 Å². The highest BCUT2D eigenvalue weighted by Crippen LogP contribution is 2.32. The predicted octanol–water partition coefficient (Wildman–Crippen LogP) is 7.71. The molecule has 0 fully saturated rings. The molecular formula is C46H47BrN8O5. The van der Waals surface area contributed by atoms with Crippen LogP contribution in [0.2, 0.25) is 0 Å². The topological polar surface area (TPSA) is 163 Å². The van der Waals surface area contributed by atoms with Crippen molar-refractivity contribution in [1.29, 1.82) is 0 Å². The van der Waals surface area contributed by atoms with Crippen molar-refractivity contribution < 1.29 is 24.2 Å². The number of carboxylic acid groups (broad SMARTS) is 1. The molecule has 8 aromatic rings. The van der Waals surface area contributed by atoms with Crippen LogP contribution in [0.5, 0.6) is 5.75 Å². The average Bonchev–Trinajstić information content (AvgIpc) is 3.22. The number of hydrogen-bond acceptors (Lipinski definition) is 10. The number of carbonyl (C=O) groups is 3. The second kappa shape index (κ2) is 19.6. The molecule has 0 aliphatic rings. The second-order valence-electron chi connectivity index (χ2n) is 14.5. The molecule has 0 atom stereocenters. The van der Waals surface area contributed by atoms with E-state index in [0.717, 1.165) is 85.8 Å². The maximum atomic E-state index is 12.8. The fourth-order valence-electron chi connectivity index (χ4n) is 6.70. The highest BCUT2D eigenvalue weighted by molar-refractivity contribution is 9.10. The molecule has 14 heteroatoms. The van der Waals surface area contributed by atoms with Crippen molar-refractivity contribution in [3.8, 4) is 5.75 Å². The van der Waals surface area contributed by atoms with E-state index >= 15 is 0 Å². The summed E-state index contributed by atoms with van der Waals surface area (Å²) in [6.45, 7) is 3.99. The number of fused-ring (bicyclic) bond motifs is 8. The number of benzene rings is 6. The van der Waals surface area contributed by atoms with Crippen LogP contribution in [0.15, 0.2) is 102 Å². The molecule has 0 saturated carbocycles. The minimum absolute atomic E-state index is 0.124. The number of ether oxygens (including phenoxy) is 1. The van der Waals surface area contributed by atoms with Crippen molar-refractivity contribution in [3.05, 3.63) is 113 Å². The highest BCUT2D eigenvalue weighted by Gasteiger charge is 2.16. The smallest absolute Gasteiger partial charge is 0.300 e. The Morgan fingerprint density at radius 3 is 1.58 bits per heavy atom. The summed E-state index contributed by atoms with van der Waals surface area (Å²) in [5.74, 6) is -0.295. The van der Waals surface area contributed by atoms with Crippen LogP contribution in [0, 0.1) is 0 Å². The number of carbonyl (C=O) groups excluding carboxylic acids is 2. The number of carboxylic acids is 1. The molecule has 3 N–H and O–H groups in total. The second-order valence-corrected chi connectivity index (χ2v) is 15.4. The van der Waals surface area contributed by atoms with Crippen molar-refractivity contribution in [3.63, 3.8) is 0 Å². The molecule has 2 aromatic heterocycles. The monoisotopic (exact) mass is 870 g/mol. The molecule has 0 saturated heterocycles. The van der Waals surface area contributed by atoms with E-state index in [1.807, 2.05) is 118 Å². The van der Waals surface area contributed by atoms with Gasteiger partial charge in [0, 0.05) is 47.2 Å². The van der Waals surface area contributed by atoms with Gasteiger partial charge in [-0.3, -0.25) is 14.4 Å². The van der Waals surface area contributed by atoms with Gasteiger partial charge in [-0.25, -0.2) is 19.9 Å². The van der Waals surface area contributed by atoms with E-state index in [4.69, 9.17) is 34.6 Å². The molecule has 0 bridgehead atoms. The van der Waals surface area contributed by atoms with Gasteiger partial charge in [0.25, 0.3) is 17.8 Å². The van der Waals surface area contributed by atoms with Crippen molar-refractivity contribution in [2.45, 2.75) is 13.3 Å². The van der Waals surface area contributed by atoms with Gasteiger partial charge < -0.3 is 30.3 Å². The summed E-state index contributed by atoms with van der Waals surface area (Å²) >= 11 is 3.59. The Bertz CT molecular complexity index is 2860. The zero-order chi connectivity index (χ0) is 42.9. The number of amides is 2. The third-order valence-corrected chi connectivity index (χ3v) is 10.2. The molecule has 6 aromatic carbocycles. The van der Waals surface area contributed by atoms with Gasteiger partial charge in [0.2, 0.25) is 0 Å². The van der Waals surface area contributed by atoms with Gasteiger partial charge in [0.05, 0.1) is 51.3 Å². The summed E-state index contributed by atoms with van der Waals surface area (Å²) in [4.78, 5) is 57.8. The standard InChI is InChI=1S/C23H24N4O2.C21H19BrN4O.C2H4O2/c1-27(2)14-6-13-24-23(28)17-8-4-9-18-22(17)26-21-16-7-5-10-20(29-3)15(16)11-12-19(21)25-18;1-26(2)12-11-23-21(27)15-6-4-8-17-20(15)25-19-14-5-3-7-16(22)13(14)9-10-18(19)24-17;1-2(3)4/h4-5,7-12H,6,13-14H2,1-3H3,(H,24,28);3-10H,11-12H2,1-2H3,(H,23,27);1H3,(H,3,4). The number of likely N-dealkylation sites (N-methyl/N-ethyl adjacent to an activating group) is 1. The zero-order valence-corrected chi connectivity index (χ0v) is 36.0. The Balaban J connectivity index is 0.000000185. The van der Waals surface area contributed by atoms with Gasteiger partial charge in [-0.2, -0.15) is 0 Å². The van der Waals surface area contributed by atoms with Crippen LogP contribution in [0.25, 0.3) is 65.7 Å². The number of aromatic nitrogens is 4. The molecule has 2 heterocycles. The molecular weight excluding hydrogens is 824 g/mol. The molecule has 2 amide bonds. The van der Waals surface area contributed by atoms with E-state index in [1.54, 1.807) is 19.2 Å². The molecule has 0 unspecified atom stereocenters. The Morgan fingerprint density at radius 2 is 1.05 bits per heavy atom. The summed E-state index contributed by atoms with van der Waals surface area (Å²) < 4.78 is 6.49. The molecule has 308 valence electrons. The normalized spacial score (nSPS) is 11.2. The van der Waals surface area contributed by atoms with E-state index in [0.29, 0.717) is 40.8 Å². The predicted molar refractivity (Wildman–Crippen MR) is 243 cm³/mol. The van der Waals surface area contributed by atoms with Crippen LogP contribution < -0.4 is 15.4 Å². The summed E-state index contributed by atoms with van der Waals surface area (Å²) in [5.41, 5.74) is 6.93. The SMILES string of the molecule is CC(=O)O.CN(C)CCNC(=O)c1cccc2nc3ccc4c(Br)cccc4c3nc12.COc1cccc2c1ccc1nc3cccc(C(=O)NCCCN(C)C)c3nc12. The maximum Gasteiger partial charge on any atom is 0.300 e. The van der Waals surface area contributed by atoms with Crippen LogP contribution in [0.3, 0.4) is 0 Å². The molecule has 0 aliphatic heterocycles. The minimum atomic E-state index is -0.833. The molecule has 13 nitrogen and oxygen atoms in total.